The maximum atomic E-state index is 12.6. The first-order valence-corrected chi connectivity index (χ1v) is 10.2. The number of hydrogen-bond donors (Lipinski definition) is 0. The minimum Gasteiger partial charge on any atom is -0.448 e. The lowest BCUT2D eigenvalue weighted by atomic mass is 9.98. The smallest absolute Gasteiger partial charge is 0.204 e. The number of hydrogen-bond acceptors (Lipinski definition) is 5. The van der Waals surface area contributed by atoms with Gasteiger partial charge in [-0.2, -0.15) is 0 Å². The number of fused-ring (bicyclic) bond motifs is 1. The highest BCUT2D eigenvalue weighted by Crippen LogP contribution is 2.24. The molecular formula is C20H21NO4S. The zero-order valence-corrected chi connectivity index (χ0v) is 15.4. The van der Waals surface area contributed by atoms with Crippen molar-refractivity contribution < 1.29 is 17.6 Å². The van der Waals surface area contributed by atoms with Gasteiger partial charge in [0.1, 0.15) is 12.0 Å². The number of ketones is 1. The van der Waals surface area contributed by atoms with Crippen molar-refractivity contribution >= 4 is 26.4 Å². The molecule has 6 heteroatoms. The predicted molar refractivity (Wildman–Crippen MR) is 99.8 cm³/mol. The third kappa shape index (κ3) is 4.19. The lowest BCUT2D eigenvalue weighted by Gasteiger charge is -2.10. The molecule has 0 saturated carbocycles. The number of sulfone groups is 1. The maximum absolute atomic E-state index is 12.6. The molecule has 0 spiro atoms. The third-order valence-corrected chi connectivity index (χ3v) is 6.27. The van der Waals surface area contributed by atoms with Crippen molar-refractivity contribution in [3.63, 3.8) is 0 Å². The number of benzene rings is 2. The van der Waals surface area contributed by atoms with Crippen molar-refractivity contribution in [2.24, 2.45) is 0 Å². The molecule has 2 aromatic carbocycles. The minimum absolute atomic E-state index is 0.0233. The second kappa shape index (κ2) is 7.83. The molecule has 0 fully saturated rings. The van der Waals surface area contributed by atoms with Gasteiger partial charge in [0, 0.05) is 0 Å². The fourth-order valence-electron chi connectivity index (χ4n) is 3.03. The first-order chi connectivity index (χ1) is 12.5. The van der Waals surface area contributed by atoms with Crippen LogP contribution in [0, 0.1) is 0 Å². The molecule has 0 aliphatic carbocycles. The normalized spacial score (nSPS) is 13.0. The zero-order valence-electron chi connectivity index (χ0n) is 14.6. The molecule has 0 amide bonds. The molecule has 26 heavy (non-hydrogen) atoms. The van der Waals surface area contributed by atoms with E-state index in [9.17, 15) is 13.2 Å². The highest BCUT2D eigenvalue weighted by molar-refractivity contribution is 7.91. The highest BCUT2D eigenvalue weighted by Gasteiger charge is 2.21. The number of Topliss-reactive ketones (excluding diaryl/α,β-unsaturated/α-hetero) is 1. The average Bonchev–Trinajstić information content (AvgIpc) is 3.15. The van der Waals surface area contributed by atoms with Crippen LogP contribution < -0.4 is 0 Å². The van der Waals surface area contributed by atoms with E-state index in [4.69, 9.17) is 4.42 Å². The van der Waals surface area contributed by atoms with Gasteiger partial charge in [0.05, 0.1) is 22.8 Å². The van der Waals surface area contributed by atoms with Gasteiger partial charge in [-0.1, -0.05) is 36.8 Å². The molecule has 0 N–H and O–H groups in total. The Kier molecular flexibility index (Phi) is 5.52. The molecule has 5 nitrogen and oxygen atoms in total. The summed E-state index contributed by atoms with van der Waals surface area (Å²) >= 11 is 0. The van der Waals surface area contributed by atoms with E-state index in [2.05, 4.69) is 4.98 Å². The van der Waals surface area contributed by atoms with Crippen LogP contribution in [0.3, 0.4) is 0 Å². The van der Waals surface area contributed by atoms with Gasteiger partial charge in [0.25, 0.3) is 0 Å². The van der Waals surface area contributed by atoms with Gasteiger partial charge in [-0.05, 0) is 42.7 Å². The summed E-state index contributed by atoms with van der Waals surface area (Å²) in [5.41, 5.74) is 0. The first-order valence-electron chi connectivity index (χ1n) is 8.59. The Hall–Kier alpha value is -2.47. The van der Waals surface area contributed by atoms with Crippen molar-refractivity contribution in [2.45, 2.75) is 37.0 Å². The number of nitrogens with zero attached hydrogens (tertiary/aromatic N) is 1. The van der Waals surface area contributed by atoms with Crippen molar-refractivity contribution in [3.05, 3.63) is 60.8 Å². The fraction of sp³-hybridized carbons (Fsp3) is 0.300. The van der Waals surface area contributed by atoms with Crippen LogP contribution in [0.4, 0.5) is 0 Å². The Bertz CT molecular complexity index is 994. The Morgan fingerprint density at radius 3 is 2.58 bits per heavy atom. The SMILES string of the molecule is CC(=O)C(CCCCS(=O)(=O)c1ccc2ccccc2c1)c1ncco1. The Morgan fingerprint density at radius 1 is 1.12 bits per heavy atom. The van der Waals surface area contributed by atoms with E-state index in [1.54, 1.807) is 12.1 Å². The summed E-state index contributed by atoms with van der Waals surface area (Å²) in [4.78, 5) is 16.1. The number of carbonyl (C=O) groups is 1. The summed E-state index contributed by atoms with van der Waals surface area (Å²) in [5, 5.41) is 1.93. The van der Waals surface area contributed by atoms with Crippen LogP contribution in [0.1, 0.15) is 38.0 Å². The topological polar surface area (TPSA) is 77.2 Å². The van der Waals surface area contributed by atoms with Crippen LogP contribution in [0.25, 0.3) is 10.8 Å². The van der Waals surface area contributed by atoms with Crippen molar-refractivity contribution in [2.75, 3.05) is 5.75 Å². The van der Waals surface area contributed by atoms with Gasteiger partial charge < -0.3 is 4.42 Å². The molecule has 1 atom stereocenters. The first kappa shape index (κ1) is 18.3. The molecule has 0 bridgehead atoms. The van der Waals surface area contributed by atoms with Gasteiger partial charge in [0.2, 0.25) is 5.89 Å². The van der Waals surface area contributed by atoms with Gasteiger partial charge in [0.15, 0.2) is 9.84 Å². The van der Waals surface area contributed by atoms with Crippen LogP contribution in [0.15, 0.2) is 64.2 Å². The molecule has 0 aliphatic rings. The second-order valence-electron chi connectivity index (χ2n) is 6.36. The highest BCUT2D eigenvalue weighted by atomic mass is 32.2. The molecule has 1 aromatic heterocycles. The molecule has 3 rings (SSSR count). The monoisotopic (exact) mass is 371 g/mol. The van der Waals surface area contributed by atoms with E-state index < -0.39 is 15.8 Å². The third-order valence-electron chi connectivity index (χ3n) is 4.48. The summed E-state index contributed by atoms with van der Waals surface area (Å²) in [7, 11) is -3.35. The molecular weight excluding hydrogens is 350 g/mol. The van der Waals surface area contributed by atoms with Crippen LogP contribution in [-0.4, -0.2) is 24.9 Å². The number of rotatable bonds is 8. The minimum atomic E-state index is -3.35. The van der Waals surface area contributed by atoms with Crippen LogP contribution >= 0.6 is 0 Å². The van der Waals surface area contributed by atoms with Crippen LogP contribution in [-0.2, 0) is 14.6 Å². The molecule has 1 heterocycles. The predicted octanol–water partition coefficient (Wildman–Crippen LogP) is 4.14. The van der Waals surface area contributed by atoms with Gasteiger partial charge in [-0.25, -0.2) is 13.4 Å². The van der Waals surface area contributed by atoms with Gasteiger partial charge in [-0.15, -0.1) is 0 Å². The number of aromatic nitrogens is 1. The van der Waals surface area contributed by atoms with Gasteiger partial charge in [-0.3, -0.25) is 4.79 Å². The van der Waals surface area contributed by atoms with Crippen LogP contribution in [0.2, 0.25) is 0 Å². The van der Waals surface area contributed by atoms with Crippen LogP contribution in [0.5, 0.6) is 0 Å². The quantitative estimate of drug-likeness (QED) is 0.556. The van der Waals surface area contributed by atoms with E-state index in [1.165, 1.54) is 19.4 Å². The Balaban J connectivity index is 1.61. The lowest BCUT2D eigenvalue weighted by Crippen LogP contribution is -2.11. The molecule has 0 radical (unpaired) electrons. The van der Waals surface area contributed by atoms with Crippen molar-refractivity contribution in [1.29, 1.82) is 0 Å². The number of carbonyl (C=O) groups excluding carboxylic acids is 1. The Morgan fingerprint density at radius 2 is 1.88 bits per heavy atom. The summed E-state index contributed by atoms with van der Waals surface area (Å²) in [6, 6.07) is 12.9. The standard InChI is InChI=1S/C20H21NO4S/c1-15(22)19(20-21-11-12-25-20)8-4-5-13-26(23,24)18-10-9-16-6-2-3-7-17(16)14-18/h2-3,6-7,9-12,14,19H,4-5,8,13H2,1H3. The summed E-state index contributed by atoms with van der Waals surface area (Å²) in [5.74, 6) is 0.0229. The number of unbranched alkanes of at least 4 members (excludes halogenated alkanes) is 1. The van der Waals surface area contributed by atoms with E-state index in [0.717, 1.165) is 10.8 Å². The maximum Gasteiger partial charge on any atom is 0.204 e. The molecule has 3 aromatic rings. The average molecular weight is 371 g/mol. The summed E-state index contributed by atoms with van der Waals surface area (Å²) < 4.78 is 30.4. The molecule has 136 valence electrons. The summed E-state index contributed by atoms with van der Waals surface area (Å²) in [6.45, 7) is 1.50. The largest absolute Gasteiger partial charge is 0.448 e. The lowest BCUT2D eigenvalue weighted by molar-refractivity contribution is -0.119. The fourth-order valence-corrected chi connectivity index (χ4v) is 4.43. The van der Waals surface area contributed by atoms with E-state index >= 15 is 0 Å². The molecule has 0 aliphatic heterocycles. The van der Waals surface area contributed by atoms with Gasteiger partial charge >= 0.3 is 0 Å². The van der Waals surface area contributed by atoms with Crippen molar-refractivity contribution in [1.82, 2.24) is 4.98 Å². The summed E-state index contributed by atoms with van der Waals surface area (Å²) in [6.07, 6.45) is 4.58. The van der Waals surface area contributed by atoms with E-state index in [0.29, 0.717) is 30.0 Å². The zero-order chi connectivity index (χ0) is 18.6. The second-order valence-corrected chi connectivity index (χ2v) is 8.47. The molecule has 1 unspecified atom stereocenters. The van der Waals surface area contributed by atoms with Crippen molar-refractivity contribution in [3.8, 4) is 0 Å². The van der Waals surface area contributed by atoms with E-state index in [-0.39, 0.29) is 11.5 Å². The number of oxazole rings is 1. The Labute approximate surface area is 153 Å². The molecule has 0 saturated heterocycles. The van der Waals surface area contributed by atoms with E-state index in [1.807, 2.05) is 30.3 Å².